The number of carboxylic acid groups (broad SMARTS) is 1. The molecule has 0 heterocycles. The van der Waals surface area contributed by atoms with Crippen LogP contribution in [0.5, 0.6) is 0 Å². The maximum absolute atomic E-state index is 11.6. The lowest BCUT2D eigenvalue weighted by molar-refractivity contribution is -0.149. The van der Waals surface area contributed by atoms with E-state index in [0.29, 0.717) is 6.42 Å². The Labute approximate surface area is 141 Å². The zero-order valence-corrected chi connectivity index (χ0v) is 15.1. The molecule has 0 aliphatic rings. The van der Waals surface area contributed by atoms with Gasteiger partial charge in [0, 0.05) is 0 Å². The summed E-state index contributed by atoms with van der Waals surface area (Å²) in [6.45, 7) is 3.57. The van der Waals surface area contributed by atoms with Crippen LogP contribution in [0.15, 0.2) is 0 Å². The number of aliphatic hydroxyl groups is 1. The van der Waals surface area contributed by atoms with Crippen molar-refractivity contribution >= 4 is 11.8 Å². The Hall–Kier alpha value is -0.900. The van der Waals surface area contributed by atoms with Crippen molar-refractivity contribution in [3.63, 3.8) is 0 Å². The van der Waals surface area contributed by atoms with Crippen molar-refractivity contribution in [3.05, 3.63) is 0 Å². The average molecular weight is 328 g/mol. The van der Waals surface area contributed by atoms with Crippen molar-refractivity contribution in [2.45, 2.75) is 103 Å². The molecule has 4 nitrogen and oxygen atoms in total. The third-order valence-electron chi connectivity index (χ3n) is 4.40. The molecule has 0 aromatic rings. The van der Waals surface area contributed by atoms with E-state index in [2.05, 4.69) is 6.92 Å². The molecule has 0 aromatic carbocycles. The van der Waals surface area contributed by atoms with Crippen molar-refractivity contribution in [1.29, 1.82) is 0 Å². The summed E-state index contributed by atoms with van der Waals surface area (Å²) in [6.07, 6.45) is 13.8. The summed E-state index contributed by atoms with van der Waals surface area (Å²) in [5.41, 5.74) is 0. The van der Waals surface area contributed by atoms with Gasteiger partial charge in [0.2, 0.25) is 0 Å². The molecule has 2 atom stereocenters. The Bertz CT molecular complexity index is 312. The molecule has 2 unspecified atom stereocenters. The van der Waals surface area contributed by atoms with Crippen LogP contribution in [0.4, 0.5) is 0 Å². The highest BCUT2D eigenvalue weighted by Gasteiger charge is 2.28. The topological polar surface area (TPSA) is 74.6 Å². The predicted molar refractivity (Wildman–Crippen MR) is 93.5 cm³/mol. The van der Waals surface area contributed by atoms with E-state index >= 15 is 0 Å². The van der Waals surface area contributed by atoms with Crippen molar-refractivity contribution in [3.8, 4) is 0 Å². The number of carboxylic acids is 1. The van der Waals surface area contributed by atoms with Crippen LogP contribution in [0.1, 0.15) is 97.3 Å². The fourth-order valence-corrected chi connectivity index (χ4v) is 2.87. The summed E-state index contributed by atoms with van der Waals surface area (Å²) in [5.74, 6) is -2.72. The van der Waals surface area contributed by atoms with Gasteiger partial charge < -0.3 is 10.2 Å². The monoisotopic (exact) mass is 328 g/mol. The maximum atomic E-state index is 11.6. The first kappa shape index (κ1) is 22.1. The number of Topliss-reactive ketones (excluding diaryl/α,β-unsaturated/α-hetero) is 1. The normalized spacial score (nSPS) is 13.7. The lowest BCUT2D eigenvalue weighted by atomic mass is 9.94. The van der Waals surface area contributed by atoms with Gasteiger partial charge in [0.1, 0.15) is 12.0 Å². The quantitative estimate of drug-likeness (QED) is 0.317. The molecule has 0 saturated heterocycles. The Morgan fingerprint density at radius 2 is 1.17 bits per heavy atom. The molecule has 0 spiro atoms. The van der Waals surface area contributed by atoms with E-state index in [1.807, 2.05) is 0 Å². The smallest absolute Gasteiger partial charge is 0.314 e. The Kier molecular flexibility index (Phi) is 14.1. The fourth-order valence-electron chi connectivity index (χ4n) is 2.87. The van der Waals surface area contributed by atoms with Crippen LogP contribution >= 0.6 is 0 Å². The summed E-state index contributed by atoms with van der Waals surface area (Å²) in [7, 11) is 0. The molecule has 4 heteroatoms. The minimum atomic E-state index is -1.19. The lowest BCUT2D eigenvalue weighted by Gasteiger charge is -2.12. The van der Waals surface area contributed by atoms with Gasteiger partial charge in [-0.15, -0.1) is 0 Å². The van der Waals surface area contributed by atoms with E-state index < -0.39 is 23.8 Å². The van der Waals surface area contributed by atoms with Crippen molar-refractivity contribution in [2.75, 3.05) is 0 Å². The second-order valence-electron chi connectivity index (χ2n) is 6.65. The van der Waals surface area contributed by atoms with E-state index in [0.717, 1.165) is 19.3 Å². The van der Waals surface area contributed by atoms with Crippen LogP contribution in [-0.2, 0) is 9.59 Å². The number of carbonyl (C=O) groups excluding carboxylic acids is 1. The standard InChI is InChI=1S/C19H36O4/c1-3-4-5-6-7-8-9-10-11-12-13-14-15-17(19(22)23)18(21)16(2)20/h16-17,20H,3-15H2,1-2H3,(H,22,23). The van der Waals surface area contributed by atoms with E-state index in [4.69, 9.17) is 5.11 Å². The number of rotatable bonds is 16. The summed E-state index contributed by atoms with van der Waals surface area (Å²) in [6, 6.07) is 0. The van der Waals surface area contributed by atoms with E-state index in [-0.39, 0.29) is 0 Å². The van der Waals surface area contributed by atoms with Gasteiger partial charge >= 0.3 is 5.97 Å². The zero-order valence-electron chi connectivity index (χ0n) is 15.1. The minimum absolute atomic E-state index is 0.344. The molecule has 0 aliphatic carbocycles. The van der Waals surface area contributed by atoms with Gasteiger partial charge in [0.05, 0.1) is 0 Å². The SMILES string of the molecule is CCCCCCCCCCCCCCC(C(=O)O)C(=O)C(C)O. The predicted octanol–water partition coefficient (Wildman–Crippen LogP) is 4.73. The second-order valence-corrected chi connectivity index (χ2v) is 6.65. The van der Waals surface area contributed by atoms with Gasteiger partial charge in [0.25, 0.3) is 0 Å². The van der Waals surface area contributed by atoms with Crippen LogP contribution in [0, 0.1) is 5.92 Å². The van der Waals surface area contributed by atoms with Crippen molar-refractivity contribution in [2.24, 2.45) is 5.92 Å². The molecular weight excluding hydrogens is 292 g/mol. The van der Waals surface area contributed by atoms with Crippen LogP contribution in [0.3, 0.4) is 0 Å². The molecule has 2 N–H and O–H groups in total. The third kappa shape index (κ3) is 12.2. The van der Waals surface area contributed by atoms with Gasteiger partial charge in [-0.1, -0.05) is 84.0 Å². The number of unbranched alkanes of at least 4 members (excludes halogenated alkanes) is 11. The molecule has 23 heavy (non-hydrogen) atoms. The lowest BCUT2D eigenvalue weighted by Crippen LogP contribution is -2.31. The minimum Gasteiger partial charge on any atom is -0.481 e. The van der Waals surface area contributed by atoms with Gasteiger partial charge in [-0.2, -0.15) is 0 Å². The first-order valence-electron chi connectivity index (χ1n) is 9.45. The molecule has 0 bridgehead atoms. The van der Waals surface area contributed by atoms with Crippen molar-refractivity contribution < 1.29 is 19.8 Å². The molecular formula is C19H36O4. The fraction of sp³-hybridized carbons (Fsp3) is 0.895. The number of aliphatic hydroxyl groups excluding tert-OH is 1. The van der Waals surface area contributed by atoms with E-state index in [1.54, 1.807) is 0 Å². The van der Waals surface area contributed by atoms with Gasteiger partial charge in [0.15, 0.2) is 5.78 Å². The number of hydrogen-bond donors (Lipinski definition) is 2. The summed E-state index contributed by atoms with van der Waals surface area (Å²) in [5, 5.41) is 18.3. The van der Waals surface area contributed by atoms with Crippen LogP contribution in [-0.4, -0.2) is 28.1 Å². The average Bonchev–Trinajstić information content (AvgIpc) is 2.51. The largest absolute Gasteiger partial charge is 0.481 e. The Morgan fingerprint density at radius 3 is 1.52 bits per heavy atom. The summed E-state index contributed by atoms with van der Waals surface area (Å²) in [4.78, 5) is 22.6. The number of hydrogen-bond acceptors (Lipinski definition) is 3. The number of aliphatic carboxylic acids is 1. The van der Waals surface area contributed by atoms with Crippen LogP contribution in [0.25, 0.3) is 0 Å². The van der Waals surface area contributed by atoms with Gasteiger partial charge in [-0.05, 0) is 13.3 Å². The van der Waals surface area contributed by atoms with Gasteiger partial charge in [-0.25, -0.2) is 0 Å². The van der Waals surface area contributed by atoms with Crippen molar-refractivity contribution in [1.82, 2.24) is 0 Å². The number of ketones is 1. The van der Waals surface area contributed by atoms with E-state index in [1.165, 1.54) is 64.7 Å². The number of carbonyl (C=O) groups is 2. The third-order valence-corrected chi connectivity index (χ3v) is 4.40. The maximum Gasteiger partial charge on any atom is 0.314 e. The first-order valence-corrected chi connectivity index (χ1v) is 9.45. The summed E-state index contributed by atoms with van der Waals surface area (Å²) >= 11 is 0. The first-order chi connectivity index (χ1) is 11.0. The van der Waals surface area contributed by atoms with Crippen LogP contribution < -0.4 is 0 Å². The Morgan fingerprint density at radius 1 is 0.783 bits per heavy atom. The summed E-state index contributed by atoms with van der Waals surface area (Å²) < 4.78 is 0. The molecule has 0 aromatic heterocycles. The highest BCUT2D eigenvalue weighted by molar-refractivity contribution is 6.00. The zero-order chi connectivity index (χ0) is 17.5. The molecule has 0 saturated carbocycles. The van der Waals surface area contributed by atoms with Gasteiger partial charge in [-0.3, -0.25) is 9.59 Å². The Balaban J connectivity index is 3.50. The highest BCUT2D eigenvalue weighted by Crippen LogP contribution is 2.16. The highest BCUT2D eigenvalue weighted by atomic mass is 16.4. The molecule has 136 valence electrons. The molecule has 0 aliphatic heterocycles. The molecule has 0 rings (SSSR count). The molecule has 0 amide bonds. The molecule has 0 radical (unpaired) electrons. The van der Waals surface area contributed by atoms with E-state index in [9.17, 15) is 14.7 Å². The second kappa shape index (κ2) is 14.7. The van der Waals surface area contributed by atoms with Crippen LogP contribution in [0.2, 0.25) is 0 Å². The molecule has 0 fully saturated rings.